The van der Waals surface area contributed by atoms with E-state index in [0.717, 1.165) is 6.42 Å². The fraction of sp³-hybridized carbons (Fsp3) is 1.00. The van der Waals surface area contributed by atoms with Gasteiger partial charge in [-0.2, -0.15) is 0 Å². The summed E-state index contributed by atoms with van der Waals surface area (Å²) in [5, 5.41) is 0. The van der Waals surface area contributed by atoms with Gasteiger partial charge < -0.3 is 4.74 Å². The predicted molar refractivity (Wildman–Crippen MR) is 76.9 cm³/mol. The van der Waals surface area contributed by atoms with Gasteiger partial charge in [-0.25, -0.2) is 0 Å². The number of halogens is 1. The first-order valence-corrected chi connectivity index (χ1v) is 7.67. The van der Waals surface area contributed by atoms with Crippen LogP contribution in [0.3, 0.4) is 0 Å². The summed E-state index contributed by atoms with van der Waals surface area (Å²) < 4.78 is 6.15. The van der Waals surface area contributed by atoms with Crippen molar-refractivity contribution in [1.82, 2.24) is 0 Å². The van der Waals surface area contributed by atoms with E-state index in [-0.39, 0.29) is 0 Å². The fourth-order valence-electron chi connectivity index (χ4n) is 1.88. The Morgan fingerprint density at radius 2 is 1.60 bits per heavy atom. The molecule has 0 aromatic heterocycles. The molecule has 0 amide bonds. The van der Waals surface area contributed by atoms with Crippen molar-refractivity contribution in [2.75, 3.05) is 7.11 Å². The smallest absolute Gasteiger partial charge is 0.0686 e. The van der Waals surface area contributed by atoms with Gasteiger partial charge in [-0.15, -0.1) is 0 Å². The third-order valence-electron chi connectivity index (χ3n) is 2.94. The van der Waals surface area contributed by atoms with Gasteiger partial charge in [-0.3, -0.25) is 0 Å². The van der Waals surface area contributed by atoms with Gasteiger partial charge in [-0.05, 0) is 12.8 Å². The Bertz CT molecular complexity index is 124. The topological polar surface area (TPSA) is 9.23 Å². The maximum Gasteiger partial charge on any atom is 0.0686 e. The number of unbranched alkanes of at least 4 members (excludes halogenated alkanes) is 5. The minimum atomic E-state index is 0.459. The average Bonchev–Trinajstić information content (AvgIpc) is 2.25. The lowest BCUT2D eigenvalue weighted by atomic mass is 10.1. The third kappa shape index (κ3) is 8.49. The van der Waals surface area contributed by atoms with Gasteiger partial charge in [0.2, 0.25) is 0 Å². The minimum Gasteiger partial charge on any atom is -0.380 e. The summed E-state index contributed by atoms with van der Waals surface area (Å²) in [6.07, 6.45) is 11.3. The Labute approximate surface area is 109 Å². The highest BCUT2D eigenvalue weighted by molar-refractivity contribution is 14.1. The predicted octanol–water partition coefficient (Wildman–Crippen LogP) is 4.97. The Morgan fingerprint density at radius 1 is 1.00 bits per heavy atom. The summed E-state index contributed by atoms with van der Waals surface area (Å²) in [6, 6.07) is 0. The number of alkyl halides is 1. The molecule has 0 unspecified atom stereocenters. The van der Waals surface area contributed by atoms with Gasteiger partial charge in [0.25, 0.3) is 0 Å². The van der Waals surface area contributed by atoms with Gasteiger partial charge in [0.05, 0.1) is 6.10 Å². The van der Waals surface area contributed by atoms with Crippen LogP contribution in [0.2, 0.25) is 0 Å². The van der Waals surface area contributed by atoms with Crippen molar-refractivity contribution < 1.29 is 4.74 Å². The number of ether oxygens (including phenoxy) is 1. The largest absolute Gasteiger partial charge is 0.380 e. The molecule has 2 heteroatoms. The zero-order valence-corrected chi connectivity index (χ0v) is 12.8. The molecule has 0 N–H and O–H groups in total. The Morgan fingerprint density at radius 3 is 2.13 bits per heavy atom. The molecule has 0 aliphatic rings. The van der Waals surface area contributed by atoms with Crippen LogP contribution < -0.4 is 0 Å². The van der Waals surface area contributed by atoms with Gasteiger partial charge in [0, 0.05) is 11.0 Å². The van der Waals surface area contributed by atoms with Gasteiger partial charge in [-0.1, -0.05) is 75.0 Å². The Kier molecular flexibility index (Phi) is 11.7. The molecular formula is C13H27IO. The quantitative estimate of drug-likeness (QED) is 0.313. The van der Waals surface area contributed by atoms with Crippen LogP contribution in [-0.4, -0.2) is 17.1 Å². The molecule has 0 aromatic rings. The summed E-state index contributed by atoms with van der Waals surface area (Å²) >= 11 is 2.55. The highest BCUT2D eigenvalue weighted by Crippen LogP contribution is 2.20. The van der Waals surface area contributed by atoms with Crippen LogP contribution in [0.4, 0.5) is 0 Å². The third-order valence-corrected chi connectivity index (χ3v) is 4.37. The lowest BCUT2D eigenvalue weighted by Gasteiger charge is -2.19. The molecule has 0 rings (SSSR count). The lowest BCUT2D eigenvalue weighted by molar-refractivity contribution is 0.0984. The summed E-state index contributed by atoms with van der Waals surface area (Å²) in [5.74, 6) is 0. The molecule has 0 saturated carbocycles. The van der Waals surface area contributed by atoms with Crippen molar-refractivity contribution in [3.05, 3.63) is 0 Å². The summed E-state index contributed by atoms with van der Waals surface area (Å²) in [6.45, 7) is 4.48. The SMILES string of the molecule is CCCCCCCC[C@@H](I)[C@@H](CC)OC. The normalized spacial score (nSPS) is 15.2. The van der Waals surface area contributed by atoms with Gasteiger partial charge >= 0.3 is 0 Å². The highest BCUT2D eigenvalue weighted by atomic mass is 127. The van der Waals surface area contributed by atoms with E-state index in [0.29, 0.717) is 10.0 Å². The molecule has 0 fully saturated rings. The van der Waals surface area contributed by atoms with Gasteiger partial charge in [0.15, 0.2) is 0 Å². The summed E-state index contributed by atoms with van der Waals surface area (Å²) in [4.78, 5) is 0. The van der Waals surface area contributed by atoms with Crippen LogP contribution in [0.5, 0.6) is 0 Å². The molecule has 1 nitrogen and oxygen atoms in total. The van der Waals surface area contributed by atoms with Crippen LogP contribution in [-0.2, 0) is 4.74 Å². The van der Waals surface area contributed by atoms with E-state index in [1.165, 1.54) is 44.9 Å². The van der Waals surface area contributed by atoms with Crippen LogP contribution >= 0.6 is 22.6 Å². The van der Waals surface area contributed by atoms with Crippen molar-refractivity contribution in [1.29, 1.82) is 0 Å². The Balaban J connectivity index is 3.33. The molecule has 15 heavy (non-hydrogen) atoms. The fourth-order valence-corrected chi connectivity index (χ4v) is 3.12. The molecule has 2 atom stereocenters. The molecule has 0 bridgehead atoms. The molecule has 0 spiro atoms. The first-order chi connectivity index (χ1) is 7.26. The summed E-state index contributed by atoms with van der Waals surface area (Å²) in [5.41, 5.74) is 0. The second-order valence-electron chi connectivity index (χ2n) is 4.25. The zero-order chi connectivity index (χ0) is 11.5. The van der Waals surface area contributed by atoms with Crippen LogP contribution in [0.15, 0.2) is 0 Å². The second-order valence-corrected chi connectivity index (χ2v) is 5.85. The number of rotatable bonds is 10. The first-order valence-electron chi connectivity index (χ1n) is 6.43. The maximum absolute atomic E-state index is 5.45. The van der Waals surface area contributed by atoms with Crippen molar-refractivity contribution in [2.45, 2.75) is 75.2 Å². The Hall–Kier alpha value is 0.690. The van der Waals surface area contributed by atoms with Crippen LogP contribution in [0.25, 0.3) is 0 Å². The van der Waals surface area contributed by atoms with E-state index in [4.69, 9.17) is 4.74 Å². The molecule has 0 aromatic carbocycles. The van der Waals surface area contributed by atoms with Crippen LogP contribution in [0.1, 0.15) is 65.2 Å². The number of hydrogen-bond acceptors (Lipinski definition) is 1. The maximum atomic E-state index is 5.45. The molecule has 0 radical (unpaired) electrons. The van der Waals surface area contributed by atoms with E-state index in [9.17, 15) is 0 Å². The number of hydrogen-bond donors (Lipinski definition) is 0. The average molecular weight is 326 g/mol. The van der Waals surface area contributed by atoms with E-state index < -0.39 is 0 Å². The monoisotopic (exact) mass is 326 g/mol. The summed E-state index contributed by atoms with van der Waals surface area (Å²) in [7, 11) is 1.83. The van der Waals surface area contributed by atoms with E-state index >= 15 is 0 Å². The minimum absolute atomic E-state index is 0.459. The molecular weight excluding hydrogens is 299 g/mol. The molecule has 92 valence electrons. The zero-order valence-electron chi connectivity index (χ0n) is 10.6. The second kappa shape index (κ2) is 11.2. The van der Waals surface area contributed by atoms with Crippen molar-refractivity contribution in [3.63, 3.8) is 0 Å². The van der Waals surface area contributed by atoms with Crippen LogP contribution in [0, 0.1) is 0 Å². The molecule has 0 aliphatic carbocycles. The van der Waals surface area contributed by atoms with Gasteiger partial charge in [0.1, 0.15) is 0 Å². The highest BCUT2D eigenvalue weighted by Gasteiger charge is 2.15. The van der Waals surface area contributed by atoms with E-state index in [2.05, 4.69) is 36.4 Å². The van der Waals surface area contributed by atoms with Crippen molar-refractivity contribution >= 4 is 22.6 Å². The lowest BCUT2D eigenvalue weighted by Crippen LogP contribution is -2.21. The standard InChI is InChI=1S/C13H27IO/c1-4-6-7-8-9-10-11-12(14)13(5-2)15-3/h12-13H,4-11H2,1-3H3/t12-,13-/m1/s1. The van der Waals surface area contributed by atoms with Crippen molar-refractivity contribution in [2.24, 2.45) is 0 Å². The first kappa shape index (κ1) is 15.7. The molecule has 0 saturated heterocycles. The molecule has 0 aliphatic heterocycles. The van der Waals surface area contributed by atoms with E-state index in [1.807, 2.05) is 7.11 Å². The number of methoxy groups -OCH3 is 1. The molecule has 0 heterocycles. The van der Waals surface area contributed by atoms with E-state index in [1.54, 1.807) is 0 Å². The van der Waals surface area contributed by atoms with Crippen molar-refractivity contribution in [3.8, 4) is 0 Å².